The standard InChI is InChI=1S/C13H17F3N2/c1-8(18-12-6-11(17)7-12)9-2-4-10(5-3-9)13(14,15)16/h2-5,8,11-12,18H,6-7,17H2,1H3. The maximum atomic E-state index is 12.4. The first-order chi connectivity index (χ1) is 8.36. The van der Waals surface area contributed by atoms with Crippen LogP contribution < -0.4 is 11.1 Å². The highest BCUT2D eigenvalue weighted by atomic mass is 19.4. The smallest absolute Gasteiger partial charge is 0.328 e. The molecule has 1 saturated carbocycles. The van der Waals surface area contributed by atoms with Gasteiger partial charge in [-0.25, -0.2) is 0 Å². The molecule has 1 unspecified atom stereocenters. The zero-order chi connectivity index (χ0) is 13.3. The molecule has 0 heterocycles. The average molecular weight is 258 g/mol. The number of halogens is 3. The van der Waals surface area contributed by atoms with Crippen molar-refractivity contribution in [3.05, 3.63) is 35.4 Å². The van der Waals surface area contributed by atoms with Crippen LogP contribution in [-0.2, 0) is 6.18 Å². The number of nitrogens with two attached hydrogens (primary N) is 1. The van der Waals surface area contributed by atoms with Gasteiger partial charge in [0.05, 0.1) is 5.56 Å². The van der Waals surface area contributed by atoms with Gasteiger partial charge in [0.15, 0.2) is 0 Å². The molecule has 3 N–H and O–H groups in total. The van der Waals surface area contributed by atoms with Gasteiger partial charge in [-0.3, -0.25) is 0 Å². The van der Waals surface area contributed by atoms with E-state index < -0.39 is 11.7 Å². The lowest BCUT2D eigenvalue weighted by Gasteiger charge is -2.35. The Hall–Kier alpha value is -1.07. The molecule has 2 rings (SSSR count). The largest absolute Gasteiger partial charge is 0.416 e. The first-order valence-corrected chi connectivity index (χ1v) is 6.05. The van der Waals surface area contributed by atoms with Crippen LogP contribution in [-0.4, -0.2) is 12.1 Å². The molecule has 0 amide bonds. The van der Waals surface area contributed by atoms with E-state index in [0.29, 0.717) is 6.04 Å². The summed E-state index contributed by atoms with van der Waals surface area (Å²) in [5, 5.41) is 3.36. The first kappa shape index (κ1) is 13.4. The molecule has 1 aromatic rings. The number of nitrogens with one attached hydrogen (secondary N) is 1. The van der Waals surface area contributed by atoms with Crippen molar-refractivity contribution < 1.29 is 13.2 Å². The predicted octanol–water partition coefficient (Wildman–Crippen LogP) is 2.85. The number of hydrogen-bond acceptors (Lipinski definition) is 2. The zero-order valence-electron chi connectivity index (χ0n) is 10.2. The van der Waals surface area contributed by atoms with Gasteiger partial charge in [-0.05, 0) is 37.5 Å². The van der Waals surface area contributed by atoms with Crippen molar-refractivity contribution >= 4 is 0 Å². The van der Waals surface area contributed by atoms with Gasteiger partial charge < -0.3 is 11.1 Å². The first-order valence-electron chi connectivity index (χ1n) is 6.05. The van der Waals surface area contributed by atoms with Crippen LogP contribution in [0.2, 0.25) is 0 Å². The average Bonchev–Trinajstić information content (AvgIpc) is 2.26. The second-order valence-corrected chi connectivity index (χ2v) is 4.94. The van der Waals surface area contributed by atoms with E-state index in [1.807, 2.05) is 6.92 Å². The second-order valence-electron chi connectivity index (χ2n) is 4.94. The van der Waals surface area contributed by atoms with Gasteiger partial charge in [-0.2, -0.15) is 13.2 Å². The van der Waals surface area contributed by atoms with E-state index in [-0.39, 0.29) is 12.1 Å². The Bertz CT molecular complexity index is 394. The Morgan fingerprint density at radius 2 is 1.78 bits per heavy atom. The van der Waals surface area contributed by atoms with Gasteiger partial charge in [0.1, 0.15) is 0 Å². The highest BCUT2D eigenvalue weighted by Gasteiger charge is 2.30. The number of alkyl halides is 3. The maximum absolute atomic E-state index is 12.4. The molecule has 1 aliphatic rings. The van der Waals surface area contributed by atoms with E-state index in [4.69, 9.17) is 5.73 Å². The molecule has 18 heavy (non-hydrogen) atoms. The van der Waals surface area contributed by atoms with Crippen molar-refractivity contribution in [2.45, 2.75) is 44.1 Å². The Morgan fingerprint density at radius 3 is 2.22 bits per heavy atom. The summed E-state index contributed by atoms with van der Waals surface area (Å²) in [7, 11) is 0. The van der Waals surface area contributed by atoms with Crippen LogP contribution in [0.25, 0.3) is 0 Å². The number of rotatable bonds is 3. The van der Waals surface area contributed by atoms with Gasteiger partial charge in [0.25, 0.3) is 0 Å². The van der Waals surface area contributed by atoms with Gasteiger partial charge >= 0.3 is 6.18 Å². The molecule has 1 atom stereocenters. The molecule has 1 fully saturated rings. The van der Waals surface area contributed by atoms with Crippen molar-refractivity contribution in [1.82, 2.24) is 5.32 Å². The molecule has 1 aromatic carbocycles. The van der Waals surface area contributed by atoms with Crippen molar-refractivity contribution in [1.29, 1.82) is 0 Å². The predicted molar refractivity (Wildman–Crippen MR) is 64.0 cm³/mol. The summed E-state index contributed by atoms with van der Waals surface area (Å²) in [5.74, 6) is 0. The third kappa shape index (κ3) is 3.03. The number of benzene rings is 1. The molecule has 5 heteroatoms. The van der Waals surface area contributed by atoms with E-state index in [1.165, 1.54) is 12.1 Å². The van der Waals surface area contributed by atoms with Crippen LogP contribution in [0.15, 0.2) is 24.3 Å². The van der Waals surface area contributed by atoms with E-state index in [9.17, 15) is 13.2 Å². The summed E-state index contributed by atoms with van der Waals surface area (Å²) in [6, 6.07) is 6.00. The minimum atomic E-state index is -4.27. The molecular formula is C13H17F3N2. The van der Waals surface area contributed by atoms with Crippen LogP contribution in [0.4, 0.5) is 13.2 Å². The minimum Gasteiger partial charge on any atom is -0.328 e. The fourth-order valence-electron chi connectivity index (χ4n) is 2.21. The van der Waals surface area contributed by atoms with Gasteiger partial charge in [0, 0.05) is 18.1 Å². The van der Waals surface area contributed by atoms with E-state index in [1.54, 1.807) is 0 Å². The van der Waals surface area contributed by atoms with E-state index >= 15 is 0 Å². The van der Waals surface area contributed by atoms with Crippen molar-refractivity contribution in [3.63, 3.8) is 0 Å². The van der Waals surface area contributed by atoms with Gasteiger partial charge in [-0.1, -0.05) is 12.1 Å². The van der Waals surface area contributed by atoms with Gasteiger partial charge in [0.2, 0.25) is 0 Å². The molecule has 0 spiro atoms. The minimum absolute atomic E-state index is 0.0461. The highest BCUT2D eigenvalue weighted by molar-refractivity contribution is 5.26. The third-order valence-electron chi connectivity index (χ3n) is 3.40. The normalized spacial score (nSPS) is 25.6. The monoisotopic (exact) mass is 258 g/mol. The van der Waals surface area contributed by atoms with Crippen molar-refractivity contribution in [2.24, 2.45) is 5.73 Å². The Kier molecular flexibility index (Phi) is 3.64. The lowest BCUT2D eigenvalue weighted by atomic mass is 9.86. The SMILES string of the molecule is CC(NC1CC(N)C1)c1ccc(C(F)(F)F)cc1. The van der Waals surface area contributed by atoms with Crippen molar-refractivity contribution in [3.8, 4) is 0 Å². The summed E-state index contributed by atoms with van der Waals surface area (Å²) < 4.78 is 37.2. The fraction of sp³-hybridized carbons (Fsp3) is 0.538. The second kappa shape index (κ2) is 4.90. The summed E-state index contributed by atoms with van der Waals surface area (Å²) in [6.45, 7) is 1.95. The molecule has 0 aliphatic heterocycles. The lowest BCUT2D eigenvalue weighted by molar-refractivity contribution is -0.137. The summed E-state index contributed by atoms with van der Waals surface area (Å²) in [4.78, 5) is 0. The highest BCUT2D eigenvalue weighted by Crippen LogP contribution is 2.30. The van der Waals surface area contributed by atoms with Crippen molar-refractivity contribution in [2.75, 3.05) is 0 Å². The Labute approximate surface area is 104 Å². The van der Waals surface area contributed by atoms with Crippen LogP contribution in [0.5, 0.6) is 0 Å². The maximum Gasteiger partial charge on any atom is 0.416 e. The fourth-order valence-corrected chi connectivity index (χ4v) is 2.21. The molecule has 0 saturated heterocycles. The van der Waals surface area contributed by atoms with Crippen LogP contribution in [0, 0.1) is 0 Å². The van der Waals surface area contributed by atoms with E-state index in [0.717, 1.165) is 30.5 Å². The molecule has 0 bridgehead atoms. The molecule has 100 valence electrons. The quantitative estimate of drug-likeness (QED) is 0.875. The topological polar surface area (TPSA) is 38.0 Å². The molecular weight excluding hydrogens is 241 g/mol. The number of hydrogen-bond donors (Lipinski definition) is 2. The molecule has 0 radical (unpaired) electrons. The third-order valence-corrected chi connectivity index (χ3v) is 3.40. The Morgan fingerprint density at radius 1 is 1.22 bits per heavy atom. The summed E-state index contributed by atoms with van der Waals surface area (Å²) in [6.07, 6.45) is -2.40. The zero-order valence-corrected chi connectivity index (χ0v) is 10.2. The molecule has 1 aliphatic carbocycles. The van der Waals surface area contributed by atoms with Crippen LogP contribution in [0.1, 0.15) is 36.9 Å². The summed E-state index contributed by atoms with van der Waals surface area (Å²) >= 11 is 0. The van der Waals surface area contributed by atoms with Crippen LogP contribution >= 0.6 is 0 Å². The lowest BCUT2D eigenvalue weighted by Crippen LogP contribution is -2.49. The Balaban J connectivity index is 1.96. The molecule has 0 aromatic heterocycles. The van der Waals surface area contributed by atoms with Crippen LogP contribution in [0.3, 0.4) is 0 Å². The summed E-state index contributed by atoms with van der Waals surface area (Å²) in [5.41, 5.74) is 5.94. The molecule has 2 nitrogen and oxygen atoms in total. The van der Waals surface area contributed by atoms with Gasteiger partial charge in [-0.15, -0.1) is 0 Å². The van der Waals surface area contributed by atoms with E-state index in [2.05, 4.69) is 5.32 Å².